The van der Waals surface area contributed by atoms with Crippen LogP contribution in [0.4, 0.5) is 0 Å². The van der Waals surface area contributed by atoms with Crippen molar-refractivity contribution < 1.29 is 24.1 Å². The van der Waals surface area contributed by atoms with Gasteiger partial charge >= 0.3 is 6.01 Å². The minimum Gasteiger partial charge on any atom is -0.497 e. The van der Waals surface area contributed by atoms with Crippen LogP contribution in [0.25, 0.3) is 11.3 Å². The van der Waals surface area contributed by atoms with Gasteiger partial charge in [0.2, 0.25) is 0 Å². The number of likely N-dealkylation sites (N-methyl/N-ethyl adjacent to an activating group) is 2. The minimum absolute atomic E-state index is 0.195. The summed E-state index contributed by atoms with van der Waals surface area (Å²) < 4.78 is 16.5. The van der Waals surface area contributed by atoms with Crippen molar-refractivity contribution in [2.75, 3.05) is 75.8 Å². The highest BCUT2D eigenvalue weighted by Gasteiger charge is 2.21. The molecular weight excluding hydrogens is 510 g/mol. The van der Waals surface area contributed by atoms with Gasteiger partial charge in [-0.05, 0) is 58.4 Å². The SMILES string of the molecule is CN(C)CCO.COc1cc(CN(C)C(=O)c2cnc(OCCN(C)C)nc2-c2ccccc2C)cc(OC)c1. The van der Waals surface area contributed by atoms with E-state index in [4.69, 9.17) is 19.3 Å². The summed E-state index contributed by atoms with van der Waals surface area (Å²) in [7, 11) is 12.7. The summed E-state index contributed by atoms with van der Waals surface area (Å²) in [6.45, 7) is 4.56. The van der Waals surface area contributed by atoms with Crippen molar-refractivity contribution in [3.05, 3.63) is 65.4 Å². The highest BCUT2D eigenvalue weighted by atomic mass is 16.5. The molecule has 0 saturated carbocycles. The van der Waals surface area contributed by atoms with Crippen molar-refractivity contribution in [3.63, 3.8) is 0 Å². The van der Waals surface area contributed by atoms with E-state index in [9.17, 15) is 4.79 Å². The van der Waals surface area contributed by atoms with E-state index < -0.39 is 0 Å². The zero-order valence-electron chi connectivity index (χ0n) is 25.0. The maximum absolute atomic E-state index is 13.5. The van der Waals surface area contributed by atoms with Gasteiger partial charge in [0.15, 0.2) is 0 Å². The summed E-state index contributed by atoms with van der Waals surface area (Å²) >= 11 is 0. The van der Waals surface area contributed by atoms with Gasteiger partial charge in [-0.1, -0.05) is 24.3 Å². The topological polar surface area (TPSA) is 100 Å². The molecule has 1 aromatic heterocycles. The molecule has 3 rings (SSSR count). The molecule has 0 fully saturated rings. The zero-order valence-corrected chi connectivity index (χ0v) is 25.0. The van der Waals surface area contributed by atoms with Crippen LogP contribution in [-0.2, 0) is 6.54 Å². The molecule has 0 atom stereocenters. The first kappa shape index (κ1) is 32.5. The van der Waals surface area contributed by atoms with E-state index in [1.54, 1.807) is 38.4 Å². The summed E-state index contributed by atoms with van der Waals surface area (Å²) in [6, 6.07) is 13.6. The van der Waals surface area contributed by atoms with Gasteiger partial charge in [0.25, 0.3) is 5.91 Å². The average molecular weight is 554 g/mol. The number of rotatable bonds is 12. The summed E-state index contributed by atoms with van der Waals surface area (Å²) in [4.78, 5) is 28.0. The summed E-state index contributed by atoms with van der Waals surface area (Å²) in [5.74, 6) is 1.14. The molecule has 0 aliphatic rings. The molecule has 1 heterocycles. The lowest BCUT2D eigenvalue weighted by molar-refractivity contribution is 0.0784. The van der Waals surface area contributed by atoms with Crippen molar-refractivity contribution in [1.82, 2.24) is 24.7 Å². The van der Waals surface area contributed by atoms with Crippen molar-refractivity contribution in [3.8, 4) is 28.8 Å². The number of aryl methyl sites for hydroxylation is 1. The molecule has 0 radical (unpaired) electrons. The van der Waals surface area contributed by atoms with Gasteiger partial charge in [-0.2, -0.15) is 4.98 Å². The van der Waals surface area contributed by atoms with E-state index in [1.165, 1.54) is 0 Å². The van der Waals surface area contributed by atoms with Crippen LogP contribution in [0.1, 0.15) is 21.5 Å². The number of ether oxygens (including phenoxy) is 3. The normalized spacial score (nSPS) is 10.7. The van der Waals surface area contributed by atoms with Crippen molar-refractivity contribution in [2.45, 2.75) is 13.5 Å². The van der Waals surface area contributed by atoms with Gasteiger partial charge < -0.3 is 34.0 Å². The first-order valence-corrected chi connectivity index (χ1v) is 13.0. The molecule has 2 aromatic carbocycles. The number of aliphatic hydroxyl groups excluding tert-OH is 1. The number of carbonyl (C=O) groups excluding carboxylic acids is 1. The minimum atomic E-state index is -0.195. The van der Waals surface area contributed by atoms with Crippen molar-refractivity contribution in [2.24, 2.45) is 0 Å². The second kappa shape index (κ2) is 16.4. The second-order valence-corrected chi connectivity index (χ2v) is 9.79. The lowest BCUT2D eigenvalue weighted by atomic mass is 10.0. The Bertz CT molecular complexity index is 1200. The Morgan fingerprint density at radius 2 is 1.55 bits per heavy atom. The van der Waals surface area contributed by atoms with Crippen LogP contribution in [0.3, 0.4) is 0 Å². The predicted octanol–water partition coefficient (Wildman–Crippen LogP) is 3.22. The number of aromatic nitrogens is 2. The Labute approximate surface area is 238 Å². The number of methoxy groups -OCH3 is 2. The number of benzene rings is 2. The third-order valence-corrected chi connectivity index (χ3v) is 5.89. The first-order chi connectivity index (χ1) is 19.1. The van der Waals surface area contributed by atoms with Crippen LogP contribution in [0.15, 0.2) is 48.7 Å². The smallest absolute Gasteiger partial charge is 0.316 e. The molecule has 0 bridgehead atoms. The molecule has 3 aromatic rings. The van der Waals surface area contributed by atoms with Crippen LogP contribution in [0.2, 0.25) is 0 Å². The molecule has 10 heteroatoms. The maximum atomic E-state index is 13.5. The van der Waals surface area contributed by atoms with Crippen LogP contribution in [0, 0.1) is 6.92 Å². The van der Waals surface area contributed by atoms with Crippen molar-refractivity contribution in [1.29, 1.82) is 0 Å². The number of nitrogens with zero attached hydrogens (tertiary/aromatic N) is 5. The summed E-state index contributed by atoms with van der Waals surface area (Å²) in [5, 5.41) is 8.20. The Kier molecular flexibility index (Phi) is 13.3. The molecular formula is C30H43N5O5. The highest BCUT2D eigenvalue weighted by molar-refractivity contribution is 5.99. The van der Waals surface area contributed by atoms with Crippen LogP contribution >= 0.6 is 0 Å². The fourth-order valence-corrected chi connectivity index (χ4v) is 3.66. The Hall–Kier alpha value is -3.73. The molecule has 1 amide bonds. The lowest BCUT2D eigenvalue weighted by Crippen LogP contribution is -2.27. The largest absolute Gasteiger partial charge is 0.497 e. The lowest BCUT2D eigenvalue weighted by Gasteiger charge is -2.20. The first-order valence-electron chi connectivity index (χ1n) is 13.0. The van der Waals surface area contributed by atoms with Crippen LogP contribution in [0.5, 0.6) is 17.5 Å². The van der Waals surface area contributed by atoms with E-state index in [2.05, 4.69) is 9.97 Å². The molecule has 218 valence electrons. The highest BCUT2D eigenvalue weighted by Crippen LogP contribution is 2.28. The molecule has 0 unspecified atom stereocenters. The molecule has 40 heavy (non-hydrogen) atoms. The number of aliphatic hydroxyl groups is 1. The zero-order chi connectivity index (χ0) is 29.7. The molecule has 0 saturated heterocycles. The average Bonchev–Trinajstić information content (AvgIpc) is 2.92. The Morgan fingerprint density at radius 3 is 2.08 bits per heavy atom. The number of amides is 1. The molecule has 10 nitrogen and oxygen atoms in total. The van der Waals surface area contributed by atoms with Gasteiger partial charge in [-0.3, -0.25) is 4.79 Å². The van der Waals surface area contributed by atoms with Gasteiger partial charge in [-0.15, -0.1) is 0 Å². The third-order valence-electron chi connectivity index (χ3n) is 5.89. The molecule has 0 aliphatic heterocycles. The fraction of sp³-hybridized carbons (Fsp3) is 0.433. The van der Waals surface area contributed by atoms with E-state index >= 15 is 0 Å². The molecule has 0 spiro atoms. The summed E-state index contributed by atoms with van der Waals surface area (Å²) in [6.07, 6.45) is 1.55. The fourth-order valence-electron chi connectivity index (χ4n) is 3.66. The predicted molar refractivity (Wildman–Crippen MR) is 157 cm³/mol. The van der Waals surface area contributed by atoms with E-state index in [0.29, 0.717) is 35.9 Å². The molecule has 0 aliphatic carbocycles. The number of carbonyl (C=O) groups is 1. The second-order valence-electron chi connectivity index (χ2n) is 9.79. The van der Waals surface area contributed by atoms with Crippen LogP contribution in [-0.4, -0.2) is 111 Å². The summed E-state index contributed by atoms with van der Waals surface area (Å²) in [5.41, 5.74) is 3.71. The van der Waals surface area contributed by atoms with Gasteiger partial charge in [0.1, 0.15) is 18.1 Å². The quantitative estimate of drug-likeness (QED) is 0.362. The standard InChI is InChI=1S/C26H32N4O4.C4H11NO/c1-18-9-7-8-10-22(18)24-23(16-27-26(28-24)34-12-11-29(2)3)25(31)30(4)17-19-13-20(32-5)15-21(14-19)33-6;1-5(2)3-4-6/h7-10,13-16H,11-12,17H2,1-6H3;6H,3-4H2,1-2H3. The van der Waals surface area contributed by atoms with Gasteiger partial charge in [0, 0.05) is 44.5 Å². The van der Waals surface area contributed by atoms with E-state index in [0.717, 1.165) is 29.8 Å². The Balaban J connectivity index is 0.000000840. The van der Waals surface area contributed by atoms with Gasteiger partial charge in [-0.25, -0.2) is 4.98 Å². The molecule has 1 N–H and O–H groups in total. The number of hydrogen-bond acceptors (Lipinski definition) is 9. The Morgan fingerprint density at radius 1 is 0.925 bits per heavy atom. The maximum Gasteiger partial charge on any atom is 0.316 e. The van der Waals surface area contributed by atoms with Gasteiger partial charge in [0.05, 0.1) is 32.1 Å². The monoisotopic (exact) mass is 553 g/mol. The third kappa shape index (κ3) is 10.1. The van der Waals surface area contributed by atoms with Crippen molar-refractivity contribution >= 4 is 5.91 Å². The van der Waals surface area contributed by atoms with Crippen LogP contribution < -0.4 is 14.2 Å². The van der Waals surface area contributed by atoms with E-state index in [-0.39, 0.29) is 18.5 Å². The number of hydrogen-bond donors (Lipinski definition) is 1. The van der Waals surface area contributed by atoms with E-state index in [1.807, 2.05) is 81.3 Å².